The van der Waals surface area contributed by atoms with Crippen LogP contribution in [0.1, 0.15) is 24.0 Å². The van der Waals surface area contributed by atoms with Crippen LogP contribution < -0.4 is 22.1 Å². The Morgan fingerprint density at radius 1 is 1.27 bits per heavy atom. The number of nitrogens with one attached hydrogen (secondary N) is 2. The van der Waals surface area contributed by atoms with Gasteiger partial charge in [0.1, 0.15) is 5.82 Å². The highest BCUT2D eigenvalue weighted by Crippen LogP contribution is 2.46. The van der Waals surface area contributed by atoms with Gasteiger partial charge < -0.3 is 20.9 Å². The van der Waals surface area contributed by atoms with Gasteiger partial charge in [-0.2, -0.15) is 4.98 Å². The molecule has 2 aliphatic heterocycles. The first kappa shape index (κ1) is 22.1. The highest BCUT2D eigenvalue weighted by molar-refractivity contribution is 5.88. The molecule has 1 aliphatic carbocycles. The zero-order valence-electron chi connectivity index (χ0n) is 19.2. The average molecular weight is 452 g/mol. The number of anilines is 1. The standard InChI is InChI=1S/C24H33N7O2/c1-17-14-20(3-2-18(17)4-9-29-10-5-19-15-24(19,25)16-29)31-11-6-21(28-23(31)33)27-22(32)30-12-7-26-8-13-30/h2-3,6,11,14,19,26H,4-5,7-10,12-13,15-16,25H2,1H3,(H,27,28,32,33). The van der Waals surface area contributed by atoms with Crippen molar-refractivity contribution in [2.45, 2.75) is 31.7 Å². The van der Waals surface area contributed by atoms with Crippen molar-refractivity contribution in [1.82, 2.24) is 24.7 Å². The maximum absolute atomic E-state index is 12.6. The fourth-order valence-corrected chi connectivity index (χ4v) is 5.12. The third kappa shape index (κ3) is 4.80. The lowest BCUT2D eigenvalue weighted by molar-refractivity contribution is 0.204. The molecule has 176 valence electrons. The number of nitrogens with two attached hydrogens (primary N) is 1. The maximum Gasteiger partial charge on any atom is 0.354 e. The Hall–Kier alpha value is -2.75. The van der Waals surface area contributed by atoms with Crippen LogP contribution in [0.3, 0.4) is 0 Å². The van der Waals surface area contributed by atoms with Crippen molar-refractivity contribution in [2.75, 3.05) is 51.1 Å². The molecule has 3 heterocycles. The van der Waals surface area contributed by atoms with E-state index in [2.05, 4.69) is 33.5 Å². The highest BCUT2D eigenvalue weighted by Gasteiger charge is 2.53. The molecular weight excluding hydrogens is 418 g/mol. The van der Waals surface area contributed by atoms with Crippen LogP contribution in [0.5, 0.6) is 0 Å². The van der Waals surface area contributed by atoms with Crippen molar-refractivity contribution in [3.8, 4) is 5.69 Å². The summed E-state index contributed by atoms with van der Waals surface area (Å²) in [7, 11) is 0. The topological polar surface area (TPSA) is 109 Å². The summed E-state index contributed by atoms with van der Waals surface area (Å²) < 4.78 is 1.51. The van der Waals surface area contributed by atoms with Gasteiger partial charge in [-0.1, -0.05) is 6.07 Å². The van der Waals surface area contributed by atoms with Crippen molar-refractivity contribution in [3.63, 3.8) is 0 Å². The van der Waals surface area contributed by atoms with Crippen LogP contribution in [-0.4, -0.2) is 76.7 Å². The maximum atomic E-state index is 12.6. The minimum absolute atomic E-state index is 0.0714. The number of piperazine rings is 1. The van der Waals surface area contributed by atoms with Gasteiger partial charge >= 0.3 is 11.7 Å². The SMILES string of the molecule is Cc1cc(-n2ccc(NC(=O)N3CCNCC3)nc2=O)ccc1CCN1CCC2CC2(N)C1. The summed E-state index contributed by atoms with van der Waals surface area (Å²) in [5.74, 6) is 1.01. The third-order valence-corrected chi connectivity index (χ3v) is 7.34. The molecule has 2 atom stereocenters. The molecule has 5 rings (SSSR count). The van der Waals surface area contributed by atoms with Gasteiger partial charge in [-0.25, -0.2) is 9.59 Å². The van der Waals surface area contributed by atoms with Gasteiger partial charge in [0.2, 0.25) is 0 Å². The number of aromatic nitrogens is 2. The summed E-state index contributed by atoms with van der Waals surface area (Å²) in [6.45, 7) is 8.05. The van der Waals surface area contributed by atoms with E-state index in [0.29, 0.717) is 13.1 Å². The highest BCUT2D eigenvalue weighted by atomic mass is 16.2. The molecular formula is C24H33N7O2. The molecule has 9 heteroatoms. The fourth-order valence-electron chi connectivity index (χ4n) is 5.12. The number of benzene rings is 1. The molecule has 1 aromatic heterocycles. The summed E-state index contributed by atoms with van der Waals surface area (Å²) in [5, 5.41) is 5.94. The molecule has 3 aliphatic rings. The van der Waals surface area contributed by atoms with Crippen LogP contribution in [0.25, 0.3) is 5.69 Å². The number of nitrogens with zero attached hydrogens (tertiary/aromatic N) is 4. The van der Waals surface area contributed by atoms with Gasteiger partial charge in [-0.05, 0) is 68.0 Å². The van der Waals surface area contributed by atoms with E-state index >= 15 is 0 Å². The van der Waals surface area contributed by atoms with E-state index in [1.54, 1.807) is 17.2 Å². The summed E-state index contributed by atoms with van der Waals surface area (Å²) >= 11 is 0. The summed E-state index contributed by atoms with van der Waals surface area (Å²) in [6, 6.07) is 7.51. The molecule has 1 aromatic carbocycles. The Balaban J connectivity index is 1.22. The zero-order valence-corrected chi connectivity index (χ0v) is 19.2. The van der Waals surface area contributed by atoms with Crippen molar-refractivity contribution in [1.29, 1.82) is 0 Å². The molecule has 2 amide bonds. The Bertz CT molecular complexity index is 1090. The number of carbonyl (C=O) groups is 1. The van der Waals surface area contributed by atoms with Gasteiger partial charge in [0, 0.05) is 51.0 Å². The fraction of sp³-hybridized carbons (Fsp3) is 0.542. The van der Waals surface area contributed by atoms with E-state index in [0.717, 1.165) is 56.3 Å². The molecule has 4 N–H and O–H groups in total. The van der Waals surface area contributed by atoms with Gasteiger partial charge in [0.05, 0.1) is 5.69 Å². The minimum Gasteiger partial charge on any atom is -0.324 e. The van der Waals surface area contributed by atoms with Gasteiger partial charge in [-0.3, -0.25) is 9.88 Å². The molecule has 33 heavy (non-hydrogen) atoms. The van der Waals surface area contributed by atoms with Gasteiger partial charge in [0.15, 0.2) is 0 Å². The van der Waals surface area contributed by atoms with E-state index in [9.17, 15) is 9.59 Å². The monoisotopic (exact) mass is 451 g/mol. The number of carbonyl (C=O) groups excluding carboxylic acids is 1. The Morgan fingerprint density at radius 3 is 2.82 bits per heavy atom. The number of fused-ring (bicyclic) bond motifs is 1. The molecule has 2 unspecified atom stereocenters. The smallest absolute Gasteiger partial charge is 0.324 e. The lowest BCUT2D eigenvalue weighted by Gasteiger charge is -2.30. The Labute approximate surface area is 194 Å². The molecule has 0 bridgehead atoms. The Morgan fingerprint density at radius 2 is 2.09 bits per heavy atom. The number of urea groups is 1. The normalized spacial score (nSPS) is 24.9. The molecule has 1 saturated carbocycles. The predicted octanol–water partition coefficient (Wildman–Crippen LogP) is 0.944. The van der Waals surface area contributed by atoms with Crippen LogP contribution in [0.2, 0.25) is 0 Å². The number of aryl methyl sites for hydroxylation is 1. The van der Waals surface area contributed by atoms with E-state index in [-0.39, 0.29) is 17.4 Å². The average Bonchev–Trinajstić information content (AvgIpc) is 3.49. The summed E-state index contributed by atoms with van der Waals surface area (Å²) in [5.41, 5.74) is 9.27. The molecule has 2 saturated heterocycles. The largest absolute Gasteiger partial charge is 0.354 e. The van der Waals surface area contributed by atoms with Crippen LogP contribution in [-0.2, 0) is 6.42 Å². The second-order valence-corrected chi connectivity index (χ2v) is 9.69. The summed E-state index contributed by atoms with van der Waals surface area (Å²) in [4.78, 5) is 33.3. The molecule has 0 radical (unpaired) electrons. The summed E-state index contributed by atoms with van der Waals surface area (Å²) in [6.07, 6.45) is 5.03. The number of likely N-dealkylation sites (tertiary alicyclic amines) is 1. The molecule has 3 fully saturated rings. The molecule has 0 spiro atoms. The van der Waals surface area contributed by atoms with Crippen LogP contribution >= 0.6 is 0 Å². The second-order valence-electron chi connectivity index (χ2n) is 9.69. The van der Waals surface area contributed by atoms with Crippen molar-refractivity contribution in [3.05, 3.63) is 52.1 Å². The number of rotatable bonds is 5. The van der Waals surface area contributed by atoms with Gasteiger partial charge in [-0.15, -0.1) is 0 Å². The minimum atomic E-state index is -0.416. The quantitative estimate of drug-likeness (QED) is 0.625. The van der Waals surface area contributed by atoms with Crippen molar-refractivity contribution in [2.24, 2.45) is 11.7 Å². The molecule has 2 aromatic rings. The Kier molecular flexibility index (Phi) is 5.94. The van der Waals surface area contributed by atoms with Gasteiger partial charge in [0.25, 0.3) is 0 Å². The molecule has 9 nitrogen and oxygen atoms in total. The first-order chi connectivity index (χ1) is 15.9. The van der Waals surface area contributed by atoms with E-state index in [1.165, 1.54) is 23.0 Å². The number of amides is 2. The van der Waals surface area contributed by atoms with Crippen LogP contribution in [0.4, 0.5) is 10.6 Å². The van der Waals surface area contributed by atoms with Crippen molar-refractivity contribution < 1.29 is 4.79 Å². The van der Waals surface area contributed by atoms with Crippen molar-refractivity contribution >= 4 is 11.8 Å². The number of hydrogen-bond acceptors (Lipinski definition) is 6. The van der Waals surface area contributed by atoms with E-state index in [4.69, 9.17) is 5.73 Å². The predicted molar refractivity (Wildman–Crippen MR) is 128 cm³/mol. The number of piperidine rings is 1. The first-order valence-electron chi connectivity index (χ1n) is 11.9. The second kappa shape index (κ2) is 8.89. The van der Waals surface area contributed by atoms with E-state index in [1.807, 2.05) is 12.1 Å². The van der Waals surface area contributed by atoms with E-state index < -0.39 is 5.69 Å². The lowest BCUT2D eigenvalue weighted by atomic mass is 10.0. The first-order valence-corrected chi connectivity index (χ1v) is 11.9. The van der Waals surface area contributed by atoms with Crippen LogP contribution in [0, 0.1) is 12.8 Å². The number of hydrogen-bond donors (Lipinski definition) is 3. The lowest BCUT2D eigenvalue weighted by Crippen LogP contribution is -2.48. The zero-order chi connectivity index (χ0) is 23.0. The third-order valence-electron chi connectivity index (χ3n) is 7.34. The van der Waals surface area contributed by atoms with Crippen LogP contribution in [0.15, 0.2) is 35.3 Å².